The third-order valence-corrected chi connectivity index (χ3v) is 7.23. The summed E-state index contributed by atoms with van der Waals surface area (Å²) in [6, 6.07) is 24.4. The number of nitrogens with zero attached hydrogens (tertiary/aromatic N) is 3. The molecule has 200 valence electrons. The Balaban J connectivity index is 1.38. The second-order valence-corrected chi connectivity index (χ2v) is 9.87. The fourth-order valence-electron chi connectivity index (χ4n) is 5.23. The van der Waals surface area contributed by atoms with Gasteiger partial charge in [-0.3, -0.25) is 4.57 Å². The number of fused-ring (bicyclic) bond motifs is 1. The highest BCUT2D eigenvalue weighted by molar-refractivity contribution is 5.81. The summed E-state index contributed by atoms with van der Waals surface area (Å²) in [5.41, 5.74) is 6.05. The molecule has 1 saturated carbocycles. The van der Waals surface area contributed by atoms with Gasteiger partial charge in [-0.1, -0.05) is 61.0 Å². The number of hydrogen-bond acceptors (Lipinski definition) is 6. The minimum atomic E-state index is -0.631. The van der Waals surface area contributed by atoms with Crippen LogP contribution >= 0.6 is 0 Å². The van der Waals surface area contributed by atoms with E-state index in [9.17, 15) is 10.1 Å². The molecule has 1 aromatic heterocycles. The van der Waals surface area contributed by atoms with Crippen molar-refractivity contribution >= 4 is 17.2 Å². The molecule has 1 fully saturated rings. The average Bonchev–Trinajstić information content (AvgIpc) is 3.31. The third kappa shape index (κ3) is 5.91. The molecule has 39 heavy (non-hydrogen) atoms. The van der Waals surface area contributed by atoms with Crippen LogP contribution in [0.5, 0.6) is 6.01 Å². The first-order valence-electron chi connectivity index (χ1n) is 13.6. The van der Waals surface area contributed by atoms with E-state index < -0.39 is 12.3 Å². The molecule has 0 spiro atoms. The molecular weight excluding hydrogens is 490 g/mol. The SMILES string of the molecule is CCOc1nc2c(C(C)OC(=O)OC3CCCCC3)cccc2n1Cc1ccc(-c2ccccc2C#N)cc1. The van der Waals surface area contributed by atoms with Gasteiger partial charge < -0.3 is 14.2 Å². The van der Waals surface area contributed by atoms with E-state index in [0.29, 0.717) is 24.7 Å². The van der Waals surface area contributed by atoms with Crippen LogP contribution in [0, 0.1) is 11.3 Å². The normalized spacial score (nSPS) is 14.5. The smallest absolute Gasteiger partial charge is 0.465 e. The molecule has 0 N–H and O–H groups in total. The average molecular weight is 524 g/mol. The highest BCUT2D eigenvalue weighted by Gasteiger charge is 2.23. The fourth-order valence-corrected chi connectivity index (χ4v) is 5.23. The monoisotopic (exact) mass is 523 g/mol. The van der Waals surface area contributed by atoms with Crippen molar-refractivity contribution in [3.05, 3.63) is 83.4 Å². The Kier molecular flexibility index (Phi) is 8.12. The molecule has 4 aromatic rings. The van der Waals surface area contributed by atoms with Crippen molar-refractivity contribution in [2.24, 2.45) is 0 Å². The van der Waals surface area contributed by atoms with Gasteiger partial charge in [-0.15, -0.1) is 0 Å². The van der Waals surface area contributed by atoms with Gasteiger partial charge in [0.05, 0.1) is 35.8 Å². The maximum absolute atomic E-state index is 12.5. The van der Waals surface area contributed by atoms with Gasteiger partial charge in [0.25, 0.3) is 6.01 Å². The molecule has 0 amide bonds. The van der Waals surface area contributed by atoms with E-state index in [1.807, 2.05) is 73.0 Å². The summed E-state index contributed by atoms with van der Waals surface area (Å²) in [4.78, 5) is 17.3. The van der Waals surface area contributed by atoms with Crippen molar-refractivity contribution in [2.75, 3.05) is 6.61 Å². The summed E-state index contributed by atoms with van der Waals surface area (Å²) in [6.07, 6.45) is 3.94. The largest absolute Gasteiger partial charge is 0.509 e. The van der Waals surface area contributed by atoms with Crippen molar-refractivity contribution in [3.63, 3.8) is 0 Å². The molecule has 1 unspecified atom stereocenters. The van der Waals surface area contributed by atoms with Crippen LogP contribution < -0.4 is 4.74 Å². The third-order valence-electron chi connectivity index (χ3n) is 7.23. The molecule has 0 bridgehead atoms. The van der Waals surface area contributed by atoms with Crippen molar-refractivity contribution in [2.45, 2.75) is 64.7 Å². The second kappa shape index (κ2) is 12.0. The molecule has 0 radical (unpaired) electrons. The Bertz CT molecular complexity index is 1480. The maximum Gasteiger partial charge on any atom is 0.509 e. The standard InChI is InChI=1S/C32H33N3O4/c1-3-37-31-34-30-27(22(2)38-32(36)39-26-11-5-4-6-12-26)14-9-15-29(30)35(31)21-23-16-18-24(19-17-23)28-13-8-7-10-25(28)20-33/h7-10,13-19,22,26H,3-6,11-12,21H2,1-2H3. The van der Waals surface area contributed by atoms with Crippen LogP contribution in [0.15, 0.2) is 66.7 Å². The molecule has 1 aliphatic carbocycles. The number of nitriles is 1. The van der Waals surface area contributed by atoms with Crippen LogP contribution in [0.1, 0.15) is 68.7 Å². The number of rotatable bonds is 8. The van der Waals surface area contributed by atoms with Gasteiger partial charge in [-0.25, -0.2) is 4.79 Å². The van der Waals surface area contributed by atoms with Crippen molar-refractivity contribution in [1.82, 2.24) is 9.55 Å². The van der Waals surface area contributed by atoms with Crippen LogP contribution in [0.4, 0.5) is 4.79 Å². The number of benzene rings is 3. The summed E-state index contributed by atoms with van der Waals surface area (Å²) in [5.74, 6) is 0. The van der Waals surface area contributed by atoms with Gasteiger partial charge in [0.15, 0.2) is 0 Å². The zero-order valence-corrected chi connectivity index (χ0v) is 22.4. The predicted octanol–water partition coefficient (Wildman–Crippen LogP) is 7.57. The van der Waals surface area contributed by atoms with Crippen LogP contribution in [-0.4, -0.2) is 28.4 Å². The minimum absolute atomic E-state index is 0.0576. The van der Waals surface area contributed by atoms with E-state index in [1.165, 1.54) is 6.42 Å². The van der Waals surface area contributed by atoms with Gasteiger partial charge >= 0.3 is 6.16 Å². The van der Waals surface area contributed by atoms with Crippen LogP contribution in [-0.2, 0) is 16.0 Å². The van der Waals surface area contributed by atoms with Gasteiger partial charge in [0.2, 0.25) is 0 Å². The maximum atomic E-state index is 12.5. The van der Waals surface area contributed by atoms with E-state index in [0.717, 1.165) is 59.0 Å². The number of carbonyl (C=O) groups excluding carboxylic acids is 1. The number of carbonyl (C=O) groups is 1. The Hall–Kier alpha value is -4.31. The summed E-state index contributed by atoms with van der Waals surface area (Å²) < 4.78 is 19.2. The lowest BCUT2D eigenvalue weighted by atomic mass is 9.98. The summed E-state index contributed by atoms with van der Waals surface area (Å²) in [6.45, 7) is 4.80. The van der Waals surface area contributed by atoms with Crippen molar-refractivity contribution in [3.8, 4) is 23.2 Å². The molecular formula is C32H33N3O4. The lowest BCUT2D eigenvalue weighted by molar-refractivity contribution is -0.00724. The molecule has 0 aliphatic heterocycles. The number of para-hydroxylation sites is 1. The molecule has 0 saturated heterocycles. The summed E-state index contributed by atoms with van der Waals surface area (Å²) >= 11 is 0. The number of ether oxygens (including phenoxy) is 3. The van der Waals surface area contributed by atoms with Crippen molar-refractivity contribution < 1.29 is 19.0 Å². The second-order valence-electron chi connectivity index (χ2n) is 9.87. The van der Waals surface area contributed by atoms with E-state index >= 15 is 0 Å². The summed E-state index contributed by atoms with van der Waals surface area (Å²) in [7, 11) is 0. The highest BCUT2D eigenvalue weighted by atomic mass is 16.7. The number of hydrogen-bond donors (Lipinski definition) is 0. The highest BCUT2D eigenvalue weighted by Crippen LogP contribution is 2.31. The predicted molar refractivity (Wildman–Crippen MR) is 149 cm³/mol. The fraction of sp³-hybridized carbons (Fsp3) is 0.344. The van der Waals surface area contributed by atoms with Gasteiger partial charge in [0.1, 0.15) is 12.2 Å². The lowest BCUT2D eigenvalue weighted by Gasteiger charge is -2.22. The quantitative estimate of drug-likeness (QED) is 0.221. The molecule has 5 rings (SSSR count). The first-order valence-corrected chi connectivity index (χ1v) is 13.6. The van der Waals surface area contributed by atoms with E-state index in [2.05, 4.69) is 18.2 Å². The lowest BCUT2D eigenvalue weighted by Crippen LogP contribution is -2.22. The molecule has 3 aromatic carbocycles. The summed E-state index contributed by atoms with van der Waals surface area (Å²) in [5, 5.41) is 9.46. The molecule has 7 nitrogen and oxygen atoms in total. The van der Waals surface area contributed by atoms with Crippen LogP contribution in [0.25, 0.3) is 22.2 Å². The van der Waals surface area contributed by atoms with Gasteiger partial charge in [0, 0.05) is 5.56 Å². The number of imidazole rings is 1. The van der Waals surface area contributed by atoms with Gasteiger partial charge in [-0.2, -0.15) is 10.2 Å². The first-order chi connectivity index (χ1) is 19.1. The number of aromatic nitrogens is 2. The van der Waals surface area contributed by atoms with Crippen LogP contribution in [0.3, 0.4) is 0 Å². The Labute approximate surface area is 228 Å². The van der Waals surface area contributed by atoms with E-state index in [1.54, 1.807) is 0 Å². The molecule has 1 heterocycles. The zero-order chi connectivity index (χ0) is 27.2. The minimum Gasteiger partial charge on any atom is -0.465 e. The van der Waals surface area contributed by atoms with E-state index in [-0.39, 0.29) is 6.10 Å². The molecule has 7 heteroatoms. The van der Waals surface area contributed by atoms with E-state index in [4.69, 9.17) is 19.2 Å². The van der Waals surface area contributed by atoms with Crippen molar-refractivity contribution in [1.29, 1.82) is 5.26 Å². The van der Waals surface area contributed by atoms with Gasteiger partial charge in [-0.05, 0) is 68.4 Å². The molecule has 1 atom stereocenters. The Morgan fingerprint density at radius 1 is 1.05 bits per heavy atom. The topological polar surface area (TPSA) is 86.4 Å². The first kappa shape index (κ1) is 26.3. The Morgan fingerprint density at radius 3 is 2.56 bits per heavy atom. The van der Waals surface area contributed by atoms with Crippen LogP contribution in [0.2, 0.25) is 0 Å². The molecule has 1 aliphatic rings. The Morgan fingerprint density at radius 2 is 1.82 bits per heavy atom. The zero-order valence-electron chi connectivity index (χ0n) is 22.4.